The summed E-state index contributed by atoms with van der Waals surface area (Å²) >= 11 is 1.32. The predicted molar refractivity (Wildman–Crippen MR) is 98.2 cm³/mol. The van der Waals surface area contributed by atoms with Crippen LogP contribution in [0.15, 0.2) is 48.8 Å². The molecule has 0 bridgehead atoms. The van der Waals surface area contributed by atoms with E-state index in [1.54, 1.807) is 18.3 Å². The number of halogens is 3. The average molecular weight is 403 g/mol. The van der Waals surface area contributed by atoms with E-state index in [2.05, 4.69) is 20.4 Å². The number of thiazole rings is 1. The molecule has 3 heterocycles. The second kappa shape index (κ2) is 6.71. The smallest absolute Gasteiger partial charge is 0.296 e. The number of hydrogen-bond donors (Lipinski definition) is 1. The quantitative estimate of drug-likeness (QED) is 0.549. The van der Waals surface area contributed by atoms with Gasteiger partial charge in [0.2, 0.25) is 0 Å². The molecule has 142 valence electrons. The highest BCUT2D eigenvalue weighted by Crippen LogP contribution is 2.31. The molecule has 0 saturated heterocycles. The number of amides is 1. The maximum Gasteiger partial charge on any atom is 0.416 e. The van der Waals surface area contributed by atoms with E-state index >= 15 is 0 Å². The minimum atomic E-state index is -4.45. The Balaban J connectivity index is 1.71. The molecule has 0 aliphatic carbocycles. The molecule has 0 aliphatic rings. The van der Waals surface area contributed by atoms with E-state index in [4.69, 9.17) is 0 Å². The number of hydrogen-bond acceptors (Lipinski definition) is 5. The van der Waals surface area contributed by atoms with Crippen molar-refractivity contribution in [2.45, 2.75) is 13.1 Å². The third-order valence-electron chi connectivity index (χ3n) is 3.92. The summed E-state index contributed by atoms with van der Waals surface area (Å²) in [5.41, 5.74) is 0.352. The fourth-order valence-electron chi connectivity index (χ4n) is 2.61. The molecular weight excluding hydrogens is 391 g/mol. The number of aryl methyl sites for hydroxylation is 1. The third-order valence-corrected chi connectivity index (χ3v) is 4.75. The van der Waals surface area contributed by atoms with Crippen molar-refractivity contribution in [3.05, 3.63) is 64.9 Å². The SMILES string of the molecule is Cc1cnc(NC(=O)c2cnc3ccc(-c4cccc(C(F)(F)F)c4)nn23)s1. The van der Waals surface area contributed by atoms with Gasteiger partial charge >= 0.3 is 6.18 Å². The second-order valence-corrected chi connectivity index (χ2v) is 7.18. The molecule has 10 heteroatoms. The number of nitrogens with one attached hydrogen (secondary N) is 1. The highest BCUT2D eigenvalue weighted by atomic mass is 32.1. The van der Waals surface area contributed by atoms with Gasteiger partial charge in [0.1, 0.15) is 0 Å². The van der Waals surface area contributed by atoms with Crippen molar-refractivity contribution in [3.63, 3.8) is 0 Å². The number of alkyl halides is 3. The number of anilines is 1. The zero-order valence-electron chi connectivity index (χ0n) is 14.4. The van der Waals surface area contributed by atoms with E-state index in [0.29, 0.717) is 10.8 Å². The molecule has 4 aromatic rings. The van der Waals surface area contributed by atoms with Gasteiger partial charge in [0.15, 0.2) is 16.5 Å². The number of benzene rings is 1. The number of aromatic nitrogens is 4. The van der Waals surface area contributed by atoms with Crippen LogP contribution in [0.3, 0.4) is 0 Å². The molecule has 4 rings (SSSR count). The zero-order chi connectivity index (χ0) is 19.9. The Bertz CT molecular complexity index is 1180. The van der Waals surface area contributed by atoms with Gasteiger partial charge in [-0.15, -0.1) is 11.3 Å². The highest BCUT2D eigenvalue weighted by Gasteiger charge is 2.30. The number of carbonyl (C=O) groups is 1. The molecule has 1 aromatic carbocycles. The van der Waals surface area contributed by atoms with Crippen LogP contribution in [0.5, 0.6) is 0 Å². The van der Waals surface area contributed by atoms with Crippen LogP contribution in [0.1, 0.15) is 20.9 Å². The first kappa shape index (κ1) is 18.1. The Labute approximate surface area is 160 Å². The van der Waals surface area contributed by atoms with E-state index in [9.17, 15) is 18.0 Å². The van der Waals surface area contributed by atoms with Gasteiger partial charge in [-0.1, -0.05) is 12.1 Å². The molecule has 0 unspecified atom stereocenters. The summed E-state index contributed by atoms with van der Waals surface area (Å²) in [5, 5.41) is 7.41. The Morgan fingerprint density at radius 3 is 2.68 bits per heavy atom. The minimum absolute atomic E-state index is 0.150. The molecule has 0 atom stereocenters. The largest absolute Gasteiger partial charge is 0.416 e. The highest BCUT2D eigenvalue weighted by molar-refractivity contribution is 7.15. The molecule has 28 heavy (non-hydrogen) atoms. The summed E-state index contributed by atoms with van der Waals surface area (Å²) in [5.74, 6) is -0.462. The minimum Gasteiger partial charge on any atom is -0.296 e. The van der Waals surface area contributed by atoms with Crippen LogP contribution in [0.25, 0.3) is 16.9 Å². The van der Waals surface area contributed by atoms with Crippen molar-refractivity contribution in [3.8, 4) is 11.3 Å². The monoisotopic (exact) mass is 403 g/mol. The summed E-state index contributed by atoms with van der Waals surface area (Å²) in [7, 11) is 0. The number of rotatable bonds is 3. The fraction of sp³-hybridized carbons (Fsp3) is 0.111. The van der Waals surface area contributed by atoms with E-state index in [-0.39, 0.29) is 17.0 Å². The standard InChI is InChI=1S/C18H12F3N5OS/c1-10-8-23-17(28-10)24-16(27)14-9-22-15-6-5-13(25-26(14)15)11-3-2-4-12(7-11)18(19,20)21/h2-9H,1H3,(H,23,24,27). The van der Waals surface area contributed by atoms with E-state index in [1.807, 2.05) is 6.92 Å². The van der Waals surface area contributed by atoms with Crippen molar-refractivity contribution in [2.75, 3.05) is 5.32 Å². The molecule has 1 amide bonds. The summed E-state index contributed by atoms with van der Waals surface area (Å²) in [6.45, 7) is 1.87. The Kier molecular flexibility index (Phi) is 4.34. The van der Waals surface area contributed by atoms with Crippen LogP contribution in [0, 0.1) is 6.92 Å². The molecular formula is C18H12F3N5OS. The van der Waals surface area contributed by atoms with Gasteiger partial charge in [0.25, 0.3) is 5.91 Å². The number of fused-ring (bicyclic) bond motifs is 1. The Morgan fingerprint density at radius 1 is 1.14 bits per heavy atom. The Hall–Kier alpha value is -3.27. The summed E-state index contributed by atoms with van der Waals surface area (Å²) in [6, 6.07) is 8.00. The van der Waals surface area contributed by atoms with Gasteiger partial charge in [0, 0.05) is 16.6 Å². The van der Waals surface area contributed by atoms with Gasteiger partial charge in [-0.2, -0.15) is 18.3 Å². The molecule has 0 saturated carbocycles. The molecule has 0 aliphatic heterocycles. The lowest BCUT2D eigenvalue weighted by molar-refractivity contribution is -0.137. The summed E-state index contributed by atoms with van der Waals surface area (Å²) in [4.78, 5) is 21.7. The lowest BCUT2D eigenvalue weighted by Crippen LogP contribution is -2.15. The number of imidazole rings is 1. The molecule has 1 N–H and O–H groups in total. The van der Waals surface area contributed by atoms with Crippen LogP contribution < -0.4 is 5.32 Å². The van der Waals surface area contributed by atoms with Crippen molar-refractivity contribution < 1.29 is 18.0 Å². The predicted octanol–water partition coefficient (Wildman–Crippen LogP) is 4.43. The molecule has 0 radical (unpaired) electrons. The van der Waals surface area contributed by atoms with Crippen molar-refractivity contribution in [1.29, 1.82) is 0 Å². The van der Waals surface area contributed by atoms with E-state index in [1.165, 1.54) is 34.2 Å². The van der Waals surface area contributed by atoms with Crippen LogP contribution in [-0.2, 0) is 6.18 Å². The van der Waals surface area contributed by atoms with Gasteiger partial charge in [-0.05, 0) is 31.2 Å². The van der Waals surface area contributed by atoms with Crippen LogP contribution in [0.4, 0.5) is 18.3 Å². The van der Waals surface area contributed by atoms with Gasteiger partial charge in [-0.3, -0.25) is 10.1 Å². The van der Waals surface area contributed by atoms with E-state index < -0.39 is 17.6 Å². The molecule has 0 fully saturated rings. The lowest BCUT2D eigenvalue weighted by Gasteiger charge is -2.09. The third kappa shape index (κ3) is 3.46. The maximum absolute atomic E-state index is 13.0. The molecule has 0 spiro atoms. The van der Waals surface area contributed by atoms with Crippen LogP contribution in [0.2, 0.25) is 0 Å². The molecule has 6 nitrogen and oxygen atoms in total. The zero-order valence-corrected chi connectivity index (χ0v) is 15.2. The van der Waals surface area contributed by atoms with Gasteiger partial charge < -0.3 is 0 Å². The number of carbonyl (C=O) groups excluding carboxylic acids is 1. The van der Waals surface area contributed by atoms with Crippen molar-refractivity contribution in [2.24, 2.45) is 0 Å². The lowest BCUT2D eigenvalue weighted by atomic mass is 10.1. The summed E-state index contributed by atoms with van der Waals surface area (Å²) in [6.07, 6.45) is -1.46. The average Bonchev–Trinajstić information content (AvgIpc) is 3.26. The van der Waals surface area contributed by atoms with Crippen LogP contribution in [-0.4, -0.2) is 25.5 Å². The topological polar surface area (TPSA) is 72.2 Å². The first-order valence-corrected chi connectivity index (χ1v) is 8.89. The maximum atomic E-state index is 13.0. The van der Waals surface area contributed by atoms with E-state index in [0.717, 1.165) is 17.0 Å². The molecule has 3 aromatic heterocycles. The normalized spacial score (nSPS) is 11.7. The number of nitrogens with zero attached hydrogens (tertiary/aromatic N) is 4. The summed E-state index contributed by atoms with van der Waals surface area (Å²) < 4.78 is 40.2. The Morgan fingerprint density at radius 2 is 1.96 bits per heavy atom. The fourth-order valence-corrected chi connectivity index (χ4v) is 3.27. The van der Waals surface area contributed by atoms with Gasteiger partial charge in [-0.25, -0.2) is 14.5 Å². The first-order valence-electron chi connectivity index (χ1n) is 8.07. The van der Waals surface area contributed by atoms with Crippen molar-refractivity contribution in [1.82, 2.24) is 19.6 Å². The first-order chi connectivity index (χ1) is 13.3. The second-order valence-electron chi connectivity index (χ2n) is 5.94. The van der Waals surface area contributed by atoms with Gasteiger partial charge in [0.05, 0.1) is 17.5 Å². The van der Waals surface area contributed by atoms with Crippen molar-refractivity contribution >= 4 is 28.0 Å². The van der Waals surface area contributed by atoms with Crippen LogP contribution >= 0.6 is 11.3 Å².